The zero-order valence-corrected chi connectivity index (χ0v) is 12.4. The number of hydrogen-bond donors (Lipinski definition) is 0. The molecule has 1 saturated heterocycles. The van der Waals surface area contributed by atoms with Crippen LogP contribution in [0.5, 0.6) is 5.88 Å². The number of likely N-dealkylation sites (tertiary alicyclic amines) is 1. The van der Waals surface area contributed by atoms with Gasteiger partial charge in [-0.2, -0.15) is 13.2 Å². The molecule has 1 atom stereocenters. The van der Waals surface area contributed by atoms with Crippen molar-refractivity contribution in [2.75, 3.05) is 13.1 Å². The largest absolute Gasteiger partial charge is 0.472 e. The van der Waals surface area contributed by atoms with E-state index in [2.05, 4.69) is 4.98 Å². The van der Waals surface area contributed by atoms with Crippen molar-refractivity contribution in [2.45, 2.75) is 32.5 Å². The molecule has 2 rings (SSSR count). The predicted molar refractivity (Wildman–Crippen MR) is 74.3 cm³/mol. The number of carbonyl (C=O) groups is 1. The zero-order chi connectivity index (χ0) is 16.3. The second kappa shape index (κ2) is 6.37. The monoisotopic (exact) mass is 314 g/mol. The summed E-state index contributed by atoms with van der Waals surface area (Å²) in [5.74, 6) is -0.181. The number of nitrogens with zero attached hydrogens (tertiary/aromatic N) is 2. The summed E-state index contributed by atoms with van der Waals surface area (Å²) >= 11 is 0. The topological polar surface area (TPSA) is 42.4 Å². The fraction of sp³-hybridized carbons (Fsp3) is 0.467. The lowest BCUT2D eigenvalue weighted by molar-refractivity contribution is -0.137. The van der Waals surface area contributed by atoms with Crippen molar-refractivity contribution in [1.29, 1.82) is 0 Å². The molecule has 1 aromatic heterocycles. The quantitative estimate of drug-likeness (QED) is 0.805. The first-order valence-corrected chi connectivity index (χ1v) is 6.89. The third-order valence-corrected chi connectivity index (χ3v) is 3.22. The first kappa shape index (κ1) is 16.3. The number of carbonyl (C=O) groups excluding carboxylic acids is 1. The molecule has 0 spiro atoms. The lowest BCUT2D eigenvalue weighted by Gasteiger charge is -2.16. The Bertz CT molecular complexity index is 580. The zero-order valence-electron chi connectivity index (χ0n) is 12.4. The molecular weight excluding hydrogens is 297 g/mol. The van der Waals surface area contributed by atoms with Gasteiger partial charge in [0, 0.05) is 31.3 Å². The summed E-state index contributed by atoms with van der Waals surface area (Å²) in [7, 11) is 0. The van der Waals surface area contributed by atoms with E-state index < -0.39 is 11.7 Å². The van der Waals surface area contributed by atoms with Crippen LogP contribution in [0.2, 0.25) is 0 Å². The van der Waals surface area contributed by atoms with Gasteiger partial charge >= 0.3 is 6.18 Å². The van der Waals surface area contributed by atoms with Crippen LogP contribution in [-0.4, -0.2) is 35.0 Å². The Kier molecular flexibility index (Phi) is 4.73. The molecule has 1 aliphatic heterocycles. The number of aromatic nitrogens is 1. The second-order valence-corrected chi connectivity index (χ2v) is 5.41. The van der Waals surface area contributed by atoms with E-state index in [0.29, 0.717) is 19.5 Å². The van der Waals surface area contributed by atoms with Crippen LogP contribution < -0.4 is 4.74 Å². The minimum atomic E-state index is -4.43. The van der Waals surface area contributed by atoms with Crippen molar-refractivity contribution in [2.24, 2.45) is 0 Å². The van der Waals surface area contributed by atoms with Gasteiger partial charge in [-0.05, 0) is 19.9 Å². The van der Waals surface area contributed by atoms with E-state index in [0.717, 1.165) is 23.9 Å². The van der Waals surface area contributed by atoms with Gasteiger partial charge in [-0.3, -0.25) is 4.79 Å². The van der Waals surface area contributed by atoms with Gasteiger partial charge in [-0.25, -0.2) is 4.98 Å². The van der Waals surface area contributed by atoms with Crippen molar-refractivity contribution in [1.82, 2.24) is 9.88 Å². The van der Waals surface area contributed by atoms with Crippen molar-refractivity contribution >= 4 is 5.91 Å². The molecule has 0 saturated carbocycles. The van der Waals surface area contributed by atoms with E-state index in [9.17, 15) is 18.0 Å². The molecule has 0 aliphatic carbocycles. The first-order valence-electron chi connectivity index (χ1n) is 6.89. The molecule has 7 heteroatoms. The highest BCUT2D eigenvalue weighted by Gasteiger charge is 2.32. The molecule has 1 aromatic rings. The number of ether oxygens (including phenoxy) is 1. The van der Waals surface area contributed by atoms with Crippen molar-refractivity contribution < 1.29 is 22.7 Å². The number of halogens is 3. The summed E-state index contributed by atoms with van der Waals surface area (Å²) in [5, 5.41) is 0. The van der Waals surface area contributed by atoms with Gasteiger partial charge in [-0.1, -0.05) is 5.57 Å². The molecule has 4 nitrogen and oxygen atoms in total. The SMILES string of the molecule is CC(C)=CC(=O)N1CC[C@H](Oc2cc(C(F)(F)F)ccn2)C1. The summed E-state index contributed by atoms with van der Waals surface area (Å²) in [4.78, 5) is 17.3. The van der Waals surface area contributed by atoms with Gasteiger partial charge in [0.15, 0.2) is 0 Å². The van der Waals surface area contributed by atoms with Gasteiger partial charge < -0.3 is 9.64 Å². The number of amides is 1. The molecule has 0 unspecified atom stereocenters. The van der Waals surface area contributed by atoms with E-state index in [-0.39, 0.29) is 17.9 Å². The van der Waals surface area contributed by atoms with Crippen LogP contribution in [-0.2, 0) is 11.0 Å². The highest BCUT2D eigenvalue weighted by Crippen LogP contribution is 2.31. The van der Waals surface area contributed by atoms with Crippen LogP contribution in [0, 0.1) is 0 Å². The van der Waals surface area contributed by atoms with Crippen LogP contribution in [0.4, 0.5) is 13.2 Å². The molecule has 120 valence electrons. The summed E-state index contributed by atoms with van der Waals surface area (Å²) < 4.78 is 43.4. The minimum Gasteiger partial charge on any atom is -0.472 e. The average molecular weight is 314 g/mol. The van der Waals surface area contributed by atoms with Gasteiger partial charge in [0.2, 0.25) is 11.8 Å². The maximum absolute atomic E-state index is 12.6. The van der Waals surface area contributed by atoms with Gasteiger partial charge in [0.25, 0.3) is 0 Å². The Morgan fingerprint density at radius 3 is 2.82 bits per heavy atom. The van der Waals surface area contributed by atoms with Gasteiger partial charge in [0.05, 0.1) is 12.1 Å². The Balaban J connectivity index is 1.99. The molecule has 22 heavy (non-hydrogen) atoms. The second-order valence-electron chi connectivity index (χ2n) is 5.41. The fourth-order valence-corrected chi connectivity index (χ4v) is 2.18. The van der Waals surface area contributed by atoms with Crippen molar-refractivity contribution in [3.05, 3.63) is 35.5 Å². The van der Waals surface area contributed by atoms with Crippen LogP contribution in [0.3, 0.4) is 0 Å². The minimum absolute atomic E-state index is 0.0728. The number of hydrogen-bond acceptors (Lipinski definition) is 3. The Hall–Kier alpha value is -2.05. The van der Waals surface area contributed by atoms with Gasteiger partial charge in [0.1, 0.15) is 6.10 Å². The van der Waals surface area contributed by atoms with Gasteiger partial charge in [-0.15, -0.1) is 0 Å². The third-order valence-electron chi connectivity index (χ3n) is 3.22. The smallest absolute Gasteiger partial charge is 0.416 e. The van der Waals surface area contributed by atoms with E-state index in [1.807, 2.05) is 13.8 Å². The Morgan fingerprint density at radius 2 is 2.18 bits per heavy atom. The summed E-state index contributed by atoms with van der Waals surface area (Å²) in [5.41, 5.74) is 0.0990. The first-order chi connectivity index (χ1) is 10.3. The fourth-order valence-electron chi connectivity index (χ4n) is 2.18. The summed E-state index contributed by atoms with van der Waals surface area (Å²) in [6.07, 6.45) is -1.60. The molecule has 1 fully saturated rings. The molecule has 0 aromatic carbocycles. The predicted octanol–water partition coefficient (Wildman–Crippen LogP) is 3.05. The third kappa shape index (κ3) is 4.22. The molecule has 2 heterocycles. The Labute approximate surface area is 126 Å². The number of pyridine rings is 1. The van der Waals surface area contributed by atoms with Crippen molar-refractivity contribution in [3.63, 3.8) is 0 Å². The lowest BCUT2D eigenvalue weighted by atomic mass is 10.2. The van der Waals surface area contributed by atoms with E-state index in [4.69, 9.17) is 4.74 Å². The molecule has 0 radical (unpaired) electrons. The summed E-state index contributed by atoms with van der Waals surface area (Å²) in [6.45, 7) is 4.52. The van der Waals surface area contributed by atoms with Crippen LogP contribution >= 0.6 is 0 Å². The number of rotatable bonds is 3. The van der Waals surface area contributed by atoms with E-state index >= 15 is 0 Å². The average Bonchev–Trinajstić information content (AvgIpc) is 2.86. The van der Waals surface area contributed by atoms with E-state index in [1.54, 1.807) is 4.90 Å². The molecule has 0 bridgehead atoms. The van der Waals surface area contributed by atoms with Crippen LogP contribution in [0.1, 0.15) is 25.8 Å². The standard InChI is InChI=1S/C15H17F3N2O2/c1-10(2)7-14(21)20-6-4-12(9-20)22-13-8-11(3-5-19-13)15(16,17)18/h3,5,7-8,12H,4,6,9H2,1-2H3/t12-/m0/s1. The molecule has 1 amide bonds. The highest BCUT2D eigenvalue weighted by molar-refractivity contribution is 5.88. The van der Waals surface area contributed by atoms with Crippen LogP contribution in [0.25, 0.3) is 0 Å². The normalized spacial score (nSPS) is 18.2. The number of allylic oxidation sites excluding steroid dienone is 1. The van der Waals surface area contributed by atoms with E-state index in [1.165, 1.54) is 6.08 Å². The molecule has 0 N–H and O–H groups in total. The summed E-state index contributed by atoms with van der Waals surface area (Å²) in [6, 6.07) is 1.77. The van der Waals surface area contributed by atoms with Crippen LogP contribution in [0.15, 0.2) is 30.0 Å². The number of alkyl halides is 3. The maximum Gasteiger partial charge on any atom is 0.416 e. The maximum atomic E-state index is 12.6. The Morgan fingerprint density at radius 1 is 1.45 bits per heavy atom. The molecular formula is C15H17F3N2O2. The molecule has 1 aliphatic rings. The highest BCUT2D eigenvalue weighted by atomic mass is 19.4. The lowest BCUT2D eigenvalue weighted by Crippen LogP contribution is -2.29. The van der Waals surface area contributed by atoms with Crippen molar-refractivity contribution in [3.8, 4) is 5.88 Å².